The lowest BCUT2D eigenvalue weighted by atomic mass is 10.0. The van der Waals surface area contributed by atoms with Crippen LogP contribution in [0, 0.1) is 11.9 Å². The molecule has 0 aliphatic heterocycles. The van der Waals surface area contributed by atoms with Gasteiger partial charge in [0.15, 0.2) is 0 Å². The molecule has 75 valence electrons. The summed E-state index contributed by atoms with van der Waals surface area (Å²) in [5, 5.41) is 0. The molecule has 0 aliphatic carbocycles. The van der Waals surface area contributed by atoms with Crippen molar-refractivity contribution in [2.45, 2.75) is 13.3 Å². The second-order valence-corrected chi connectivity index (χ2v) is 3.46. The number of hydrogen-bond donors (Lipinski definition) is 0. The molecule has 2 aromatic rings. The highest BCUT2D eigenvalue weighted by atomic mass is 19.1. The van der Waals surface area contributed by atoms with Crippen molar-refractivity contribution in [3.05, 3.63) is 59.9 Å². The zero-order valence-corrected chi connectivity index (χ0v) is 8.63. The summed E-state index contributed by atoms with van der Waals surface area (Å²) in [6.07, 6.45) is 1.01. The summed E-state index contributed by atoms with van der Waals surface area (Å²) < 4.78 is 13.4. The third kappa shape index (κ3) is 2.07. The lowest BCUT2D eigenvalue weighted by Crippen LogP contribution is -1.85. The SMILES string of the molecule is CCc1ccc(-c2cc[c]cc2F)cc1. The molecule has 0 N–H and O–H groups in total. The van der Waals surface area contributed by atoms with Crippen LogP contribution in [-0.2, 0) is 6.42 Å². The van der Waals surface area contributed by atoms with Crippen LogP contribution in [-0.4, -0.2) is 0 Å². The standard InChI is InChI=1S/C14H12F/c1-2-11-7-9-12(10-8-11)13-5-3-4-6-14(13)15/h3,5-10H,2H2,1H3. The summed E-state index contributed by atoms with van der Waals surface area (Å²) in [5.74, 6) is -0.221. The Kier molecular flexibility index (Phi) is 2.82. The van der Waals surface area contributed by atoms with Crippen LogP contribution >= 0.6 is 0 Å². The summed E-state index contributed by atoms with van der Waals surface area (Å²) >= 11 is 0. The zero-order valence-electron chi connectivity index (χ0n) is 8.63. The molecule has 0 atom stereocenters. The van der Waals surface area contributed by atoms with Gasteiger partial charge in [-0.05, 0) is 29.7 Å². The van der Waals surface area contributed by atoms with Gasteiger partial charge in [-0.15, -0.1) is 0 Å². The lowest BCUT2D eigenvalue weighted by molar-refractivity contribution is 0.631. The van der Waals surface area contributed by atoms with Crippen LogP contribution in [0.5, 0.6) is 0 Å². The van der Waals surface area contributed by atoms with Crippen LogP contribution < -0.4 is 0 Å². The van der Waals surface area contributed by atoms with E-state index in [4.69, 9.17) is 0 Å². The van der Waals surface area contributed by atoms with Gasteiger partial charge in [-0.25, -0.2) is 4.39 Å². The molecule has 15 heavy (non-hydrogen) atoms. The van der Waals surface area contributed by atoms with Crippen molar-refractivity contribution in [3.8, 4) is 11.1 Å². The molecular weight excluding hydrogens is 187 g/mol. The largest absolute Gasteiger partial charge is 0.206 e. The summed E-state index contributed by atoms with van der Waals surface area (Å²) in [6.45, 7) is 2.10. The Hall–Kier alpha value is -1.63. The third-order valence-electron chi connectivity index (χ3n) is 2.49. The first-order valence-electron chi connectivity index (χ1n) is 5.06. The Bertz CT molecular complexity index is 443. The van der Waals surface area contributed by atoms with Crippen molar-refractivity contribution >= 4 is 0 Å². The maximum atomic E-state index is 13.4. The fourth-order valence-electron chi connectivity index (χ4n) is 1.56. The van der Waals surface area contributed by atoms with E-state index >= 15 is 0 Å². The first kappa shape index (κ1) is 9.91. The molecule has 0 saturated heterocycles. The molecular formula is C14H12F. The molecule has 0 spiro atoms. The van der Waals surface area contributed by atoms with Gasteiger partial charge in [0.1, 0.15) is 5.82 Å². The quantitative estimate of drug-likeness (QED) is 0.689. The molecule has 0 saturated carbocycles. The van der Waals surface area contributed by atoms with E-state index < -0.39 is 0 Å². The summed E-state index contributed by atoms with van der Waals surface area (Å²) in [7, 11) is 0. The first-order valence-corrected chi connectivity index (χ1v) is 5.06. The molecule has 2 aromatic carbocycles. The summed E-state index contributed by atoms with van der Waals surface area (Å²) in [4.78, 5) is 0. The maximum absolute atomic E-state index is 13.4. The van der Waals surface area contributed by atoms with Crippen LogP contribution in [0.1, 0.15) is 12.5 Å². The Morgan fingerprint density at radius 3 is 2.47 bits per heavy atom. The topological polar surface area (TPSA) is 0 Å². The third-order valence-corrected chi connectivity index (χ3v) is 2.49. The highest BCUT2D eigenvalue weighted by Gasteiger charge is 2.02. The Balaban J connectivity index is 2.42. The van der Waals surface area contributed by atoms with Crippen molar-refractivity contribution in [1.82, 2.24) is 0 Å². The lowest BCUT2D eigenvalue weighted by Gasteiger charge is -2.03. The predicted octanol–water partition coefficient (Wildman–Crippen LogP) is 3.86. The van der Waals surface area contributed by atoms with Crippen molar-refractivity contribution in [1.29, 1.82) is 0 Å². The van der Waals surface area contributed by atoms with E-state index in [0.717, 1.165) is 12.0 Å². The molecule has 2 rings (SSSR count). The smallest absolute Gasteiger partial charge is 0.131 e. The first-order chi connectivity index (χ1) is 7.31. The van der Waals surface area contributed by atoms with Crippen LogP contribution in [0.4, 0.5) is 4.39 Å². The highest BCUT2D eigenvalue weighted by molar-refractivity contribution is 5.64. The molecule has 1 heteroatoms. The van der Waals surface area contributed by atoms with Crippen LogP contribution in [0.15, 0.2) is 42.5 Å². The summed E-state index contributed by atoms with van der Waals surface area (Å²) in [6, 6.07) is 15.5. The molecule has 0 nitrogen and oxygen atoms in total. The monoisotopic (exact) mass is 199 g/mol. The maximum Gasteiger partial charge on any atom is 0.131 e. The van der Waals surface area contributed by atoms with Crippen molar-refractivity contribution in [3.63, 3.8) is 0 Å². The predicted molar refractivity (Wildman–Crippen MR) is 60.1 cm³/mol. The molecule has 1 radical (unpaired) electrons. The fourth-order valence-corrected chi connectivity index (χ4v) is 1.56. The van der Waals surface area contributed by atoms with Gasteiger partial charge in [0.05, 0.1) is 0 Å². The molecule has 0 fully saturated rings. The Labute approximate surface area is 89.4 Å². The van der Waals surface area contributed by atoms with E-state index in [1.165, 1.54) is 11.6 Å². The second-order valence-electron chi connectivity index (χ2n) is 3.46. The number of hydrogen-bond acceptors (Lipinski definition) is 0. The van der Waals surface area contributed by atoms with E-state index in [0.29, 0.717) is 5.56 Å². The molecule has 0 amide bonds. The van der Waals surface area contributed by atoms with Gasteiger partial charge >= 0.3 is 0 Å². The van der Waals surface area contributed by atoms with Gasteiger partial charge < -0.3 is 0 Å². The Morgan fingerprint density at radius 2 is 1.87 bits per heavy atom. The van der Waals surface area contributed by atoms with E-state index in [1.807, 2.05) is 24.3 Å². The number of rotatable bonds is 2. The minimum Gasteiger partial charge on any atom is -0.206 e. The van der Waals surface area contributed by atoms with Crippen LogP contribution in [0.25, 0.3) is 11.1 Å². The average molecular weight is 199 g/mol. The van der Waals surface area contributed by atoms with E-state index in [2.05, 4.69) is 13.0 Å². The average Bonchev–Trinajstić information content (AvgIpc) is 2.30. The Morgan fingerprint density at radius 1 is 1.13 bits per heavy atom. The van der Waals surface area contributed by atoms with Crippen molar-refractivity contribution in [2.24, 2.45) is 0 Å². The minimum absolute atomic E-state index is 0.221. The van der Waals surface area contributed by atoms with Gasteiger partial charge in [0, 0.05) is 5.56 Å². The summed E-state index contributed by atoms with van der Waals surface area (Å²) in [5.41, 5.74) is 2.82. The highest BCUT2D eigenvalue weighted by Crippen LogP contribution is 2.22. The zero-order chi connectivity index (χ0) is 10.7. The van der Waals surface area contributed by atoms with Gasteiger partial charge in [0.25, 0.3) is 0 Å². The molecule has 0 aliphatic rings. The number of benzene rings is 2. The molecule has 0 aromatic heterocycles. The van der Waals surface area contributed by atoms with Gasteiger partial charge in [-0.1, -0.05) is 43.3 Å². The van der Waals surface area contributed by atoms with Crippen LogP contribution in [0.2, 0.25) is 0 Å². The van der Waals surface area contributed by atoms with Crippen molar-refractivity contribution < 1.29 is 4.39 Å². The number of aryl methyl sites for hydroxylation is 1. The van der Waals surface area contributed by atoms with Gasteiger partial charge in [-0.2, -0.15) is 0 Å². The van der Waals surface area contributed by atoms with E-state index in [-0.39, 0.29) is 5.82 Å². The van der Waals surface area contributed by atoms with E-state index in [1.54, 1.807) is 12.1 Å². The van der Waals surface area contributed by atoms with Crippen molar-refractivity contribution in [2.75, 3.05) is 0 Å². The molecule has 0 heterocycles. The fraction of sp³-hybridized carbons (Fsp3) is 0.143. The minimum atomic E-state index is -0.221. The molecule has 0 bridgehead atoms. The number of halogens is 1. The normalized spacial score (nSPS) is 10.3. The van der Waals surface area contributed by atoms with E-state index in [9.17, 15) is 4.39 Å². The van der Waals surface area contributed by atoms with Crippen LogP contribution in [0.3, 0.4) is 0 Å². The van der Waals surface area contributed by atoms with Gasteiger partial charge in [0.2, 0.25) is 0 Å². The van der Waals surface area contributed by atoms with Gasteiger partial charge in [-0.3, -0.25) is 0 Å². The molecule has 0 unspecified atom stereocenters. The second kappa shape index (κ2) is 4.26.